The van der Waals surface area contributed by atoms with E-state index in [1.807, 2.05) is 30.5 Å². The lowest BCUT2D eigenvalue weighted by Gasteiger charge is -2.28. The molecule has 1 spiro atoms. The lowest BCUT2D eigenvalue weighted by Crippen LogP contribution is -2.53. The third kappa shape index (κ3) is 2.69. The molecule has 1 saturated carbocycles. The summed E-state index contributed by atoms with van der Waals surface area (Å²) in [6, 6.07) is 6.78. The second kappa shape index (κ2) is 5.80. The summed E-state index contributed by atoms with van der Waals surface area (Å²) < 4.78 is 0. The van der Waals surface area contributed by atoms with Gasteiger partial charge in [-0.05, 0) is 36.4 Å². The molecule has 0 bridgehead atoms. The van der Waals surface area contributed by atoms with E-state index in [1.165, 1.54) is 0 Å². The maximum absolute atomic E-state index is 12.2. The van der Waals surface area contributed by atoms with E-state index >= 15 is 0 Å². The van der Waals surface area contributed by atoms with Crippen molar-refractivity contribution in [1.29, 1.82) is 0 Å². The standard InChI is InChI=1S/C17H19N5O3/c23-14-17(22-16(25)21-14)6-1-2-11(17)9-19-15(24)20-12-4-3-10-5-7-18-13(10)8-12/h3-5,7-8,11,18H,1-2,6,9H2,(H2,19,20,24)(H2,21,22,23,25)/t11-,17-/m0/s1. The molecule has 0 unspecified atom stereocenters. The van der Waals surface area contributed by atoms with Gasteiger partial charge in [0.15, 0.2) is 0 Å². The van der Waals surface area contributed by atoms with Crippen molar-refractivity contribution >= 4 is 34.6 Å². The van der Waals surface area contributed by atoms with Gasteiger partial charge >= 0.3 is 12.1 Å². The van der Waals surface area contributed by atoms with E-state index in [0.717, 1.165) is 23.7 Å². The van der Waals surface area contributed by atoms with Gasteiger partial charge in [0.2, 0.25) is 0 Å². The topological polar surface area (TPSA) is 115 Å². The molecule has 0 radical (unpaired) electrons. The van der Waals surface area contributed by atoms with Crippen LogP contribution in [0.15, 0.2) is 30.5 Å². The van der Waals surface area contributed by atoms with E-state index in [2.05, 4.69) is 26.3 Å². The molecular weight excluding hydrogens is 322 g/mol. The van der Waals surface area contributed by atoms with Crippen molar-refractivity contribution in [2.45, 2.75) is 24.8 Å². The van der Waals surface area contributed by atoms with E-state index in [9.17, 15) is 14.4 Å². The summed E-state index contributed by atoms with van der Waals surface area (Å²) in [6.07, 6.45) is 4.06. The highest BCUT2D eigenvalue weighted by molar-refractivity contribution is 6.07. The minimum absolute atomic E-state index is 0.115. The van der Waals surface area contributed by atoms with E-state index in [1.54, 1.807) is 0 Å². The Balaban J connectivity index is 1.38. The van der Waals surface area contributed by atoms with Gasteiger partial charge in [-0.2, -0.15) is 0 Å². The summed E-state index contributed by atoms with van der Waals surface area (Å²) in [7, 11) is 0. The second-order valence-corrected chi connectivity index (χ2v) is 6.58. The lowest BCUT2D eigenvalue weighted by atomic mass is 9.87. The number of aromatic nitrogens is 1. The highest BCUT2D eigenvalue weighted by atomic mass is 16.2. The normalized spacial score (nSPS) is 25.2. The maximum atomic E-state index is 12.2. The molecule has 2 heterocycles. The van der Waals surface area contributed by atoms with Gasteiger partial charge in [0.05, 0.1) is 0 Å². The van der Waals surface area contributed by atoms with E-state index in [4.69, 9.17) is 0 Å². The van der Waals surface area contributed by atoms with Gasteiger partial charge in [-0.3, -0.25) is 10.1 Å². The second-order valence-electron chi connectivity index (χ2n) is 6.58. The molecule has 1 aliphatic heterocycles. The van der Waals surface area contributed by atoms with Crippen molar-refractivity contribution < 1.29 is 14.4 Å². The molecule has 2 atom stereocenters. The summed E-state index contributed by atoms with van der Waals surface area (Å²) >= 11 is 0. The molecule has 1 aliphatic carbocycles. The van der Waals surface area contributed by atoms with Gasteiger partial charge in [-0.15, -0.1) is 0 Å². The third-order valence-electron chi connectivity index (χ3n) is 5.11. The van der Waals surface area contributed by atoms with Crippen LogP contribution in [0.1, 0.15) is 19.3 Å². The first-order chi connectivity index (χ1) is 12.1. The Hall–Kier alpha value is -3.03. The Kier molecular flexibility index (Phi) is 3.60. The number of aromatic amines is 1. The van der Waals surface area contributed by atoms with Crippen LogP contribution in [0.4, 0.5) is 15.3 Å². The van der Waals surface area contributed by atoms with Crippen LogP contribution in [0.3, 0.4) is 0 Å². The van der Waals surface area contributed by atoms with Crippen LogP contribution in [0.5, 0.6) is 0 Å². The number of amides is 5. The monoisotopic (exact) mass is 341 g/mol. The van der Waals surface area contributed by atoms with Crippen molar-refractivity contribution in [3.63, 3.8) is 0 Å². The van der Waals surface area contributed by atoms with Crippen LogP contribution in [-0.4, -0.2) is 35.0 Å². The number of nitrogens with one attached hydrogen (secondary N) is 5. The molecule has 4 rings (SSSR count). The van der Waals surface area contributed by atoms with Crippen molar-refractivity contribution in [2.75, 3.05) is 11.9 Å². The summed E-state index contributed by atoms with van der Waals surface area (Å²) in [5, 5.41) is 11.7. The summed E-state index contributed by atoms with van der Waals surface area (Å²) in [4.78, 5) is 38.9. The Labute approximate surface area is 143 Å². The number of imide groups is 1. The van der Waals surface area contributed by atoms with Gasteiger partial charge in [-0.25, -0.2) is 9.59 Å². The Morgan fingerprint density at radius 3 is 2.96 bits per heavy atom. The molecular formula is C17H19N5O3. The first-order valence-corrected chi connectivity index (χ1v) is 8.32. The molecule has 8 nitrogen and oxygen atoms in total. The number of hydrogen-bond donors (Lipinski definition) is 5. The van der Waals surface area contributed by atoms with Crippen LogP contribution < -0.4 is 21.3 Å². The van der Waals surface area contributed by atoms with Gasteiger partial charge in [0, 0.05) is 29.9 Å². The Morgan fingerprint density at radius 1 is 1.28 bits per heavy atom. The third-order valence-corrected chi connectivity index (χ3v) is 5.11. The number of benzene rings is 1. The number of carbonyl (C=O) groups excluding carboxylic acids is 3. The molecule has 1 saturated heterocycles. The van der Waals surface area contributed by atoms with Crippen LogP contribution in [0.2, 0.25) is 0 Å². The molecule has 130 valence electrons. The lowest BCUT2D eigenvalue weighted by molar-refractivity contribution is -0.125. The average molecular weight is 341 g/mol. The molecule has 1 aromatic heterocycles. The van der Waals surface area contributed by atoms with Crippen molar-refractivity contribution in [3.05, 3.63) is 30.5 Å². The number of H-pyrrole nitrogens is 1. The highest BCUT2D eigenvalue weighted by Crippen LogP contribution is 2.37. The SMILES string of the molecule is O=C(NC[C@@H]1CCC[C@]12NC(=O)NC2=O)Nc1ccc2cc[nH]c2c1. The predicted octanol–water partition coefficient (Wildman–Crippen LogP) is 1.67. The largest absolute Gasteiger partial charge is 0.361 e. The summed E-state index contributed by atoms with van der Waals surface area (Å²) in [5.74, 6) is -0.407. The van der Waals surface area contributed by atoms with Gasteiger partial charge in [0.25, 0.3) is 5.91 Å². The predicted molar refractivity (Wildman–Crippen MR) is 92.1 cm³/mol. The number of hydrogen-bond acceptors (Lipinski definition) is 3. The molecule has 8 heteroatoms. The fourth-order valence-corrected chi connectivity index (χ4v) is 3.84. The number of urea groups is 2. The number of fused-ring (bicyclic) bond motifs is 1. The fourth-order valence-electron chi connectivity index (χ4n) is 3.84. The first-order valence-electron chi connectivity index (χ1n) is 8.32. The fraction of sp³-hybridized carbons (Fsp3) is 0.353. The van der Waals surface area contributed by atoms with Crippen molar-refractivity contribution in [3.8, 4) is 0 Å². The van der Waals surface area contributed by atoms with Gasteiger partial charge < -0.3 is 20.9 Å². The summed E-state index contributed by atoms with van der Waals surface area (Å²) in [5.41, 5.74) is 0.742. The van der Waals surface area contributed by atoms with Crippen molar-refractivity contribution in [2.24, 2.45) is 5.92 Å². The molecule has 1 aromatic carbocycles. The molecule has 2 fully saturated rings. The van der Waals surface area contributed by atoms with Gasteiger partial charge in [-0.1, -0.05) is 12.5 Å². The molecule has 5 N–H and O–H groups in total. The van der Waals surface area contributed by atoms with Crippen LogP contribution >= 0.6 is 0 Å². The van der Waals surface area contributed by atoms with Crippen LogP contribution in [0, 0.1) is 5.92 Å². The zero-order chi connectivity index (χ0) is 17.4. The molecule has 2 aromatic rings. The number of carbonyl (C=O) groups is 3. The summed E-state index contributed by atoms with van der Waals surface area (Å²) in [6.45, 7) is 0.324. The zero-order valence-corrected chi connectivity index (χ0v) is 13.5. The van der Waals surface area contributed by atoms with Crippen LogP contribution in [0.25, 0.3) is 10.9 Å². The Morgan fingerprint density at radius 2 is 2.16 bits per heavy atom. The molecule has 25 heavy (non-hydrogen) atoms. The van der Waals surface area contributed by atoms with Crippen LogP contribution in [-0.2, 0) is 4.79 Å². The maximum Gasteiger partial charge on any atom is 0.322 e. The average Bonchev–Trinajstić information content (AvgIpc) is 3.25. The molecule has 5 amide bonds. The minimum Gasteiger partial charge on any atom is -0.361 e. The quantitative estimate of drug-likeness (QED) is 0.547. The highest BCUT2D eigenvalue weighted by Gasteiger charge is 2.54. The smallest absolute Gasteiger partial charge is 0.322 e. The Bertz CT molecular complexity index is 861. The minimum atomic E-state index is -0.881. The first kappa shape index (κ1) is 15.5. The number of anilines is 1. The molecule has 2 aliphatic rings. The van der Waals surface area contributed by atoms with E-state index < -0.39 is 11.6 Å². The van der Waals surface area contributed by atoms with E-state index in [-0.39, 0.29) is 17.9 Å². The van der Waals surface area contributed by atoms with Crippen molar-refractivity contribution in [1.82, 2.24) is 20.9 Å². The number of rotatable bonds is 3. The zero-order valence-electron chi connectivity index (χ0n) is 13.5. The van der Waals surface area contributed by atoms with E-state index in [0.29, 0.717) is 18.7 Å². The van der Waals surface area contributed by atoms with Gasteiger partial charge in [0.1, 0.15) is 5.54 Å².